The zero-order chi connectivity index (χ0) is 17.9. The molecule has 0 aliphatic rings. The molecular formula is C18H21NO5. The summed E-state index contributed by atoms with van der Waals surface area (Å²) < 4.78 is 10.6. The lowest BCUT2D eigenvalue weighted by atomic mass is 9.85. The number of aromatic carboxylic acids is 1. The predicted molar refractivity (Wildman–Crippen MR) is 88.3 cm³/mol. The van der Waals surface area contributed by atoms with Gasteiger partial charge in [-0.3, -0.25) is 4.79 Å². The maximum absolute atomic E-state index is 12.7. The number of hydrogen-bond donors (Lipinski definition) is 2. The Morgan fingerprint density at radius 2 is 1.83 bits per heavy atom. The number of carboxylic acids is 1. The second kappa shape index (κ2) is 6.78. The molecule has 1 heterocycles. The molecular weight excluding hydrogens is 310 g/mol. The summed E-state index contributed by atoms with van der Waals surface area (Å²) in [6, 6.07) is 7.61. The van der Waals surface area contributed by atoms with Crippen LogP contribution in [-0.4, -0.2) is 24.1 Å². The highest BCUT2D eigenvalue weighted by atomic mass is 16.5. The van der Waals surface area contributed by atoms with E-state index in [0.717, 1.165) is 0 Å². The van der Waals surface area contributed by atoms with Crippen LogP contribution >= 0.6 is 0 Å². The number of benzene rings is 1. The molecule has 0 saturated heterocycles. The van der Waals surface area contributed by atoms with Gasteiger partial charge in [0.25, 0.3) is 5.91 Å². The first kappa shape index (κ1) is 17.6. The number of carboxylic acid groups (broad SMARTS) is 1. The van der Waals surface area contributed by atoms with Gasteiger partial charge in [0.2, 0.25) is 0 Å². The van der Waals surface area contributed by atoms with Crippen LogP contribution in [0.3, 0.4) is 0 Å². The molecule has 2 rings (SSSR count). The number of ether oxygens (including phenoxy) is 1. The van der Waals surface area contributed by atoms with Crippen LogP contribution in [-0.2, 0) is 0 Å². The van der Waals surface area contributed by atoms with Gasteiger partial charge in [0, 0.05) is 0 Å². The largest absolute Gasteiger partial charge is 0.495 e. The van der Waals surface area contributed by atoms with Crippen molar-refractivity contribution < 1.29 is 23.8 Å². The lowest BCUT2D eigenvalue weighted by molar-refractivity contribution is 0.0693. The van der Waals surface area contributed by atoms with Crippen LogP contribution in [0.15, 0.2) is 41.0 Å². The first-order valence-electron chi connectivity index (χ1n) is 7.50. The maximum atomic E-state index is 12.7. The highest BCUT2D eigenvalue weighted by molar-refractivity contribution is 6.02. The van der Waals surface area contributed by atoms with E-state index >= 15 is 0 Å². The molecule has 6 heteroatoms. The number of carbonyl (C=O) groups is 2. The fourth-order valence-corrected chi connectivity index (χ4v) is 2.48. The molecule has 0 radical (unpaired) electrons. The van der Waals surface area contributed by atoms with E-state index in [1.807, 2.05) is 20.8 Å². The zero-order valence-corrected chi connectivity index (χ0v) is 14.1. The molecule has 0 spiro atoms. The number of furan rings is 1. The van der Waals surface area contributed by atoms with Gasteiger partial charge in [-0.05, 0) is 29.7 Å². The fourth-order valence-electron chi connectivity index (χ4n) is 2.48. The van der Waals surface area contributed by atoms with Crippen molar-refractivity contribution in [3.63, 3.8) is 0 Å². The molecule has 0 aliphatic carbocycles. The van der Waals surface area contributed by atoms with E-state index in [-0.39, 0.29) is 28.3 Å². The zero-order valence-electron chi connectivity index (χ0n) is 14.1. The van der Waals surface area contributed by atoms with Crippen LogP contribution in [0.1, 0.15) is 53.3 Å². The van der Waals surface area contributed by atoms with Gasteiger partial charge in [-0.2, -0.15) is 0 Å². The summed E-state index contributed by atoms with van der Waals surface area (Å²) in [5, 5.41) is 12.1. The summed E-state index contributed by atoms with van der Waals surface area (Å²) in [6.07, 6.45) is 1.55. The van der Waals surface area contributed by atoms with Crippen LogP contribution in [0.4, 0.5) is 0 Å². The Hall–Kier alpha value is -2.76. The van der Waals surface area contributed by atoms with E-state index in [4.69, 9.17) is 9.15 Å². The molecule has 0 aliphatic heterocycles. The van der Waals surface area contributed by atoms with Crippen LogP contribution in [0.2, 0.25) is 0 Å². The molecule has 1 aromatic heterocycles. The van der Waals surface area contributed by atoms with Crippen molar-refractivity contribution in [3.8, 4) is 5.75 Å². The average Bonchev–Trinajstić information content (AvgIpc) is 3.04. The highest BCUT2D eigenvalue weighted by Crippen LogP contribution is 2.34. The van der Waals surface area contributed by atoms with E-state index in [1.165, 1.54) is 25.3 Å². The number of carbonyl (C=O) groups excluding carboxylic acids is 1. The number of hydrogen-bond acceptors (Lipinski definition) is 4. The standard InChI is InChI=1S/C18H21NO5/c1-18(2,3)15(13-9-6-10-24-13)19-16(20)11-7-5-8-12(17(21)22)14(11)23-4/h5-10,15H,1-4H3,(H,19,20)(H,21,22). The maximum Gasteiger partial charge on any atom is 0.339 e. The Morgan fingerprint density at radius 1 is 1.17 bits per heavy atom. The highest BCUT2D eigenvalue weighted by Gasteiger charge is 2.31. The van der Waals surface area contributed by atoms with Crippen molar-refractivity contribution in [3.05, 3.63) is 53.5 Å². The molecule has 1 aromatic carbocycles. The number of para-hydroxylation sites is 1. The van der Waals surface area contributed by atoms with Crippen LogP contribution in [0, 0.1) is 5.41 Å². The van der Waals surface area contributed by atoms with Crippen molar-refractivity contribution in [2.45, 2.75) is 26.8 Å². The minimum atomic E-state index is -1.15. The minimum Gasteiger partial charge on any atom is -0.495 e. The van der Waals surface area contributed by atoms with E-state index < -0.39 is 11.9 Å². The lowest BCUT2D eigenvalue weighted by Gasteiger charge is -2.30. The molecule has 24 heavy (non-hydrogen) atoms. The normalized spacial score (nSPS) is 12.5. The Morgan fingerprint density at radius 3 is 2.33 bits per heavy atom. The molecule has 1 amide bonds. The lowest BCUT2D eigenvalue weighted by Crippen LogP contribution is -2.36. The number of nitrogens with one attached hydrogen (secondary N) is 1. The van der Waals surface area contributed by atoms with Crippen molar-refractivity contribution >= 4 is 11.9 Å². The molecule has 2 N–H and O–H groups in total. The molecule has 128 valence electrons. The van der Waals surface area contributed by atoms with Gasteiger partial charge >= 0.3 is 5.97 Å². The van der Waals surface area contributed by atoms with E-state index in [0.29, 0.717) is 5.76 Å². The average molecular weight is 331 g/mol. The summed E-state index contributed by atoms with van der Waals surface area (Å²) in [5.74, 6) is -0.912. The van der Waals surface area contributed by atoms with Crippen molar-refractivity contribution in [1.29, 1.82) is 0 Å². The van der Waals surface area contributed by atoms with Gasteiger partial charge < -0.3 is 19.6 Å². The number of rotatable bonds is 5. The predicted octanol–water partition coefficient (Wildman–Crippen LogP) is 3.50. The third-order valence-electron chi connectivity index (χ3n) is 3.66. The minimum absolute atomic E-state index is 0.0367. The second-order valence-electron chi connectivity index (χ2n) is 6.48. The third kappa shape index (κ3) is 3.59. The number of amides is 1. The van der Waals surface area contributed by atoms with Gasteiger partial charge in [-0.25, -0.2) is 4.79 Å². The Bertz CT molecular complexity index is 728. The molecule has 0 bridgehead atoms. The molecule has 2 aromatic rings. The third-order valence-corrected chi connectivity index (χ3v) is 3.66. The molecule has 0 saturated carbocycles. The SMILES string of the molecule is COc1c(C(=O)O)cccc1C(=O)NC(c1ccco1)C(C)(C)C. The van der Waals surface area contributed by atoms with Crippen LogP contribution in [0.25, 0.3) is 0 Å². The van der Waals surface area contributed by atoms with Crippen LogP contribution < -0.4 is 10.1 Å². The van der Waals surface area contributed by atoms with Crippen molar-refractivity contribution in [2.75, 3.05) is 7.11 Å². The molecule has 0 fully saturated rings. The Kier molecular flexibility index (Phi) is 4.97. The summed E-state index contributed by atoms with van der Waals surface area (Å²) in [4.78, 5) is 24.0. The van der Waals surface area contributed by atoms with E-state index in [9.17, 15) is 14.7 Å². The summed E-state index contributed by atoms with van der Waals surface area (Å²) in [7, 11) is 1.34. The first-order valence-corrected chi connectivity index (χ1v) is 7.50. The van der Waals surface area contributed by atoms with E-state index in [2.05, 4.69) is 5.32 Å². The topological polar surface area (TPSA) is 88.8 Å². The van der Waals surface area contributed by atoms with E-state index in [1.54, 1.807) is 18.4 Å². The van der Waals surface area contributed by atoms with Gasteiger partial charge in [0.05, 0.1) is 25.0 Å². The van der Waals surface area contributed by atoms with Gasteiger partial charge in [0.1, 0.15) is 17.1 Å². The fraction of sp³-hybridized carbons (Fsp3) is 0.333. The van der Waals surface area contributed by atoms with Crippen molar-refractivity contribution in [2.24, 2.45) is 5.41 Å². The van der Waals surface area contributed by atoms with Gasteiger partial charge in [0.15, 0.2) is 0 Å². The van der Waals surface area contributed by atoms with Crippen LogP contribution in [0.5, 0.6) is 5.75 Å². The summed E-state index contributed by atoms with van der Waals surface area (Å²) >= 11 is 0. The first-order chi connectivity index (χ1) is 11.3. The van der Waals surface area contributed by atoms with Gasteiger partial charge in [-0.1, -0.05) is 26.8 Å². The monoisotopic (exact) mass is 331 g/mol. The Balaban J connectivity index is 2.38. The smallest absolute Gasteiger partial charge is 0.339 e. The Labute approximate surface area is 140 Å². The quantitative estimate of drug-likeness (QED) is 0.875. The second-order valence-corrected chi connectivity index (χ2v) is 6.48. The summed E-state index contributed by atoms with van der Waals surface area (Å²) in [5.41, 5.74) is -0.195. The molecule has 6 nitrogen and oxygen atoms in total. The number of methoxy groups -OCH3 is 1. The van der Waals surface area contributed by atoms with Crippen molar-refractivity contribution in [1.82, 2.24) is 5.32 Å². The molecule has 1 atom stereocenters. The molecule has 1 unspecified atom stereocenters. The summed E-state index contributed by atoms with van der Waals surface area (Å²) in [6.45, 7) is 5.93. The van der Waals surface area contributed by atoms with Gasteiger partial charge in [-0.15, -0.1) is 0 Å².